The van der Waals surface area contributed by atoms with Gasteiger partial charge in [0.1, 0.15) is 0 Å². The van der Waals surface area contributed by atoms with Crippen molar-refractivity contribution in [2.75, 3.05) is 6.61 Å². The zero-order valence-electron chi connectivity index (χ0n) is 8.72. The highest BCUT2D eigenvalue weighted by Gasteiger charge is 2.19. The van der Waals surface area contributed by atoms with E-state index in [4.69, 9.17) is 27.9 Å². The van der Waals surface area contributed by atoms with E-state index in [9.17, 15) is 0 Å². The molecule has 0 N–H and O–H groups in total. The van der Waals surface area contributed by atoms with Crippen LogP contribution in [0.3, 0.4) is 0 Å². The molecule has 1 aromatic rings. The van der Waals surface area contributed by atoms with Gasteiger partial charge in [-0.05, 0) is 47.7 Å². The summed E-state index contributed by atoms with van der Waals surface area (Å²) in [4.78, 5) is 1.14. The Kier molecular flexibility index (Phi) is 4.98. The smallest absolute Gasteiger partial charge is 0.0887 e. The zero-order chi connectivity index (χ0) is 11.5. The minimum absolute atomic E-state index is 0.0537. The molecular weight excluding hydrogens is 331 g/mol. The molecule has 0 saturated carbocycles. The van der Waals surface area contributed by atoms with Crippen molar-refractivity contribution in [2.24, 2.45) is 0 Å². The highest BCUT2D eigenvalue weighted by molar-refractivity contribution is 9.11. The van der Waals surface area contributed by atoms with Gasteiger partial charge in [-0.2, -0.15) is 0 Å². The van der Waals surface area contributed by atoms with Gasteiger partial charge in [0.2, 0.25) is 0 Å². The lowest BCUT2D eigenvalue weighted by molar-refractivity contribution is 0.102. The van der Waals surface area contributed by atoms with E-state index in [0.717, 1.165) is 33.1 Å². The molecule has 0 aliphatic carbocycles. The zero-order valence-corrected chi connectivity index (χ0v) is 12.6. The monoisotopic (exact) mass is 342 g/mol. The molecule has 0 radical (unpaired) electrons. The Labute approximate surface area is 118 Å². The Morgan fingerprint density at radius 1 is 1.62 bits per heavy atom. The van der Waals surface area contributed by atoms with E-state index >= 15 is 0 Å². The first-order valence-corrected chi connectivity index (χ1v) is 7.79. The fraction of sp³-hybridized carbons (Fsp3) is 0.636. The fourth-order valence-electron chi connectivity index (χ4n) is 1.86. The number of hydrogen-bond acceptors (Lipinski definition) is 2. The van der Waals surface area contributed by atoms with Crippen LogP contribution in [0.1, 0.15) is 35.9 Å². The number of thiophene rings is 1. The lowest BCUT2D eigenvalue weighted by Crippen LogP contribution is -2.05. The second-order valence-electron chi connectivity index (χ2n) is 3.95. The summed E-state index contributed by atoms with van der Waals surface area (Å²) in [7, 11) is 0. The third-order valence-electron chi connectivity index (χ3n) is 2.74. The van der Waals surface area contributed by atoms with E-state index in [1.54, 1.807) is 11.3 Å². The van der Waals surface area contributed by atoms with Crippen molar-refractivity contribution >= 4 is 50.5 Å². The third kappa shape index (κ3) is 3.36. The van der Waals surface area contributed by atoms with Crippen molar-refractivity contribution in [2.45, 2.75) is 37.2 Å². The Morgan fingerprint density at radius 2 is 2.44 bits per heavy atom. The van der Waals surface area contributed by atoms with Gasteiger partial charge in [0, 0.05) is 11.5 Å². The second-order valence-corrected chi connectivity index (χ2v) is 7.29. The van der Waals surface area contributed by atoms with Gasteiger partial charge in [0.25, 0.3) is 0 Å². The number of hydrogen-bond donors (Lipinski definition) is 0. The van der Waals surface area contributed by atoms with Crippen LogP contribution in [0.4, 0.5) is 0 Å². The molecule has 5 heteroatoms. The van der Waals surface area contributed by atoms with Gasteiger partial charge in [-0.25, -0.2) is 0 Å². The third-order valence-corrected chi connectivity index (χ3v) is 5.91. The van der Waals surface area contributed by atoms with E-state index in [2.05, 4.69) is 15.9 Å². The first-order chi connectivity index (χ1) is 7.66. The summed E-state index contributed by atoms with van der Waals surface area (Å²) in [6.07, 6.45) is 4.78. The first-order valence-electron chi connectivity index (χ1n) is 5.37. The second kappa shape index (κ2) is 6.05. The van der Waals surface area contributed by atoms with Gasteiger partial charge in [0.05, 0.1) is 20.3 Å². The van der Waals surface area contributed by atoms with Crippen molar-refractivity contribution in [1.82, 2.24) is 0 Å². The van der Waals surface area contributed by atoms with Crippen molar-refractivity contribution in [3.63, 3.8) is 0 Å². The predicted molar refractivity (Wildman–Crippen MR) is 73.8 cm³/mol. The molecule has 16 heavy (non-hydrogen) atoms. The minimum Gasteiger partial charge on any atom is -0.378 e. The fourth-order valence-corrected chi connectivity index (χ4v) is 3.95. The molecule has 2 unspecified atom stereocenters. The Bertz CT molecular complexity index is 330. The van der Waals surface area contributed by atoms with Crippen LogP contribution in [0.25, 0.3) is 0 Å². The van der Waals surface area contributed by atoms with E-state index < -0.39 is 0 Å². The van der Waals surface area contributed by atoms with Crippen LogP contribution in [0.15, 0.2) is 9.85 Å². The SMILES string of the molecule is Clc1cc(C(Cl)CCC2CCCO2)sc1Br. The molecule has 90 valence electrons. The van der Waals surface area contributed by atoms with Gasteiger partial charge in [-0.15, -0.1) is 22.9 Å². The average Bonchev–Trinajstić information content (AvgIpc) is 2.86. The van der Waals surface area contributed by atoms with E-state index in [0.29, 0.717) is 6.10 Å². The molecule has 1 aliphatic rings. The average molecular weight is 344 g/mol. The summed E-state index contributed by atoms with van der Waals surface area (Å²) in [5, 5.41) is 0.806. The topological polar surface area (TPSA) is 9.23 Å². The standard InChI is InChI=1S/C11H13BrCl2OS/c12-11-9(14)6-10(16-11)8(13)4-3-7-2-1-5-15-7/h6-8H,1-5H2. The van der Waals surface area contributed by atoms with Crippen molar-refractivity contribution in [3.05, 3.63) is 19.8 Å². The largest absolute Gasteiger partial charge is 0.378 e. The summed E-state index contributed by atoms with van der Waals surface area (Å²) >= 11 is 17.3. The Balaban J connectivity index is 1.84. The minimum atomic E-state index is 0.0537. The number of rotatable bonds is 4. The lowest BCUT2D eigenvalue weighted by atomic mass is 10.1. The van der Waals surface area contributed by atoms with E-state index in [1.165, 1.54) is 12.8 Å². The van der Waals surface area contributed by atoms with Crippen LogP contribution < -0.4 is 0 Å². The number of ether oxygens (including phenoxy) is 1. The van der Waals surface area contributed by atoms with Crippen LogP contribution in [0.2, 0.25) is 5.02 Å². The van der Waals surface area contributed by atoms with Crippen molar-refractivity contribution in [3.8, 4) is 0 Å². The summed E-state index contributed by atoms with van der Waals surface area (Å²) in [6, 6.07) is 1.95. The molecule has 1 aromatic heterocycles. The predicted octanol–water partition coefficient (Wildman–Crippen LogP) is 5.40. The molecule has 1 fully saturated rings. The summed E-state index contributed by atoms with van der Waals surface area (Å²) in [5.41, 5.74) is 0. The van der Waals surface area contributed by atoms with Crippen LogP contribution in [-0.4, -0.2) is 12.7 Å². The van der Waals surface area contributed by atoms with Crippen LogP contribution >= 0.6 is 50.5 Å². The van der Waals surface area contributed by atoms with Gasteiger partial charge in [0.15, 0.2) is 0 Å². The Morgan fingerprint density at radius 3 is 3.00 bits per heavy atom. The number of alkyl halides is 1. The molecule has 0 spiro atoms. The summed E-state index contributed by atoms with van der Waals surface area (Å²) in [6.45, 7) is 0.911. The van der Waals surface area contributed by atoms with Gasteiger partial charge in [-0.1, -0.05) is 11.6 Å². The van der Waals surface area contributed by atoms with Gasteiger partial charge in [-0.3, -0.25) is 0 Å². The molecule has 2 rings (SSSR count). The van der Waals surface area contributed by atoms with Gasteiger partial charge < -0.3 is 4.74 Å². The highest BCUT2D eigenvalue weighted by Crippen LogP contribution is 2.39. The highest BCUT2D eigenvalue weighted by atomic mass is 79.9. The Hall–Kier alpha value is 0.720. The number of halogens is 3. The molecule has 2 heterocycles. The maximum Gasteiger partial charge on any atom is 0.0887 e. The quantitative estimate of drug-likeness (QED) is 0.665. The maximum absolute atomic E-state index is 6.35. The molecular formula is C11H13BrCl2OS. The first kappa shape index (κ1) is 13.2. The van der Waals surface area contributed by atoms with Crippen molar-refractivity contribution in [1.29, 1.82) is 0 Å². The lowest BCUT2D eigenvalue weighted by Gasteiger charge is -2.11. The molecule has 0 amide bonds. The maximum atomic E-state index is 6.35. The van der Waals surface area contributed by atoms with Crippen LogP contribution in [0.5, 0.6) is 0 Å². The summed E-state index contributed by atoms with van der Waals surface area (Å²) in [5.74, 6) is 0. The molecule has 0 bridgehead atoms. The van der Waals surface area contributed by atoms with E-state index in [-0.39, 0.29) is 5.38 Å². The summed E-state index contributed by atoms with van der Waals surface area (Å²) < 4.78 is 6.54. The van der Waals surface area contributed by atoms with Gasteiger partial charge >= 0.3 is 0 Å². The van der Waals surface area contributed by atoms with Crippen LogP contribution in [0, 0.1) is 0 Å². The normalized spacial score (nSPS) is 22.6. The van der Waals surface area contributed by atoms with Crippen molar-refractivity contribution < 1.29 is 4.74 Å². The molecule has 1 saturated heterocycles. The molecule has 1 nitrogen and oxygen atoms in total. The van der Waals surface area contributed by atoms with E-state index in [1.807, 2.05) is 6.07 Å². The van der Waals surface area contributed by atoms with Crippen LogP contribution in [-0.2, 0) is 4.74 Å². The molecule has 1 aliphatic heterocycles. The molecule has 0 aromatic carbocycles. The molecule has 2 atom stereocenters.